The number of nitrogens with zero attached hydrogens (tertiary/aromatic N) is 3. The first-order chi connectivity index (χ1) is 15.9. The summed E-state index contributed by atoms with van der Waals surface area (Å²) in [4.78, 5) is 17.3. The molecule has 2 saturated heterocycles. The Bertz CT molecular complexity index is 1200. The molecule has 6 nitrogen and oxygen atoms in total. The summed E-state index contributed by atoms with van der Waals surface area (Å²) in [5.41, 5.74) is 1.77. The van der Waals surface area contributed by atoms with Crippen molar-refractivity contribution in [3.05, 3.63) is 75.5 Å². The summed E-state index contributed by atoms with van der Waals surface area (Å²) in [6.07, 6.45) is 1.20. The SMILES string of the molecule is O=C(c1cccc(-c2c[nH]nc2F)c1Cl)N1CCN2C[C@@H](c3ccc(F)c(Cl)c3)OC[C@@H]2C1. The molecule has 0 radical (unpaired) electrons. The molecule has 1 N–H and O–H groups in total. The van der Waals surface area contributed by atoms with E-state index in [9.17, 15) is 13.6 Å². The van der Waals surface area contributed by atoms with Crippen LogP contribution < -0.4 is 0 Å². The van der Waals surface area contributed by atoms with Crippen LogP contribution in [0, 0.1) is 11.8 Å². The van der Waals surface area contributed by atoms with E-state index in [-0.39, 0.29) is 33.7 Å². The first-order valence-corrected chi connectivity index (χ1v) is 11.3. The van der Waals surface area contributed by atoms with E-state index in [0.717, 1.165) is 5.56 Å². The standard InChI is InChI=1S/C23H20Cl2F2N4O2/c24-18-8-13(4-5-19(18)26)20-11-30-6-7-31(10-14(30)12-33-20)23(32)16-3-1-2-15(21(16)25)17-9-28-29-22(17)27/h1-5,8-9,14,20H,6-7,10-12H2,(H,28,29)/t14-,20-/m0/s1. The minimum Gasteiger partial charge on any atom is -0.370 e. The zero-order valence-electron chi connectivity index (χ0n) is 17.4. The van der Waals surface area contributed by atoms with E-state index in [1.54, 1.807) is 35.2 Å². The quantitative estimate of drug-likeness (QED) is 0.582. The predicted octanol–water partition coefficient (Wildman–Crippen LogP) is 4.56. The maximum absolute atomic E-state index is 13.9. The Balaban J connectivity index is 1.29. The second-order valence-electron chi connectivity index (χ2n) is 8.15. The topological polar surface area (TPSA) is 61.5 Å². The van der Waals surface area contributed by atoms with Gasteiger partial charge < -0.3 is 9.64 Å². The Labute approximate surface area is 199 Å². The molecule has 1 amide bonds. The van der Waals surface area contributed by atoms with Gasteiger partial charge in [0.1, 0.15) is 5.82 Å². The van der Waals surface area contributed by atoms with Crippen molar-refractivity contribution in [2.24, 2.45) is 0 Å². The molecule has 2 aliphatic rings. The van der Waals surface area contributed by atoms with Crippen LogP contribution in [0.25, 0.3) is 11.1 Å². The van der Waals surface area contributed by atoms with Crippen molar-refractivity contribution in [2.45, 2.75) is 12.1 Å². The molecule has 10 heteroatoms. The normalized spacial score (nSPS) is 21.2. The third-order valence-electron chi connectivity index (χ3n) is 6.21. The fraction of sp³-hybridized carbons (Fsp3) is 0.304. The van der Waals surface area contributed by atoms with Gasteiger partial charge in [0.25, 0.3) is 5.91 Å². The van der Waals surface area contributed by atoms with Crippen molar-refractivity contribution >= 4 is 29.1 Å². The molecule has 0 spiro atoms. The van der Waals surface area contributed by atoms with E-state index in [4.69, 9.17) is 27.9 Å². The highest BCUT2D eigenvalue weighted by molar-refractivity contribution is 6.36. The summed E-state index contributed by atoms with van der Waals surface area (Å²) in [5.74, 6) is -1.34. The highest BCUT2D eigenvalue weighted by atomic mass is 35.5. The van der Waals surface area contributed by atoms with E-state index in [0.29, 0.717) is 43.9 Å². The van der Waals surface area contributed by atoms with Crippen molar-refractivity contribution in [2.75, 3.05) is 32.8 Å². The van der Waals surface area contributed by atoms with Crippen molar-refractivity contribution in [3.63, 3.8) is 0 Å². The molecule has 1 aromatic heterocycles. The molecule has 2 aliphatic heterocycles. The molecule has 33 heavy (non-hydrogen) atoms. The van der Waals surface area contributed by atoms with Crippen LogP contribution >= 0.6 is 23.2 Å². The molecule has 0 unspecified atom stereocenters. The van der Waals surface area contributed by atoms with Crippen molar-refractivity contribution < 1.29 is 18.3 Å². The summed E-state index contributed by atoms with van der Waals surface area (Å²) in [6.45, 7) is 2.73. The van der Waals surface area contributed by atoms with Gasteiger partial charge in [0.2, 0.25) is 5.95 Å². The number of carbonyl (C=O) groups excluding carboxylic acids is 1. The van der Waals surface area contributed by atoms with Crippen LogP contribution in [-0.4, -0.2) is 64.7 Å². The molecule has 3 aromatic rings. The van der Waals surface area contributed by atoms with Crippen LogP contribution in [0.1, 0.15) is 22.0 Å². The van der Waals surface area contributed by atoms with Crippen molar-refractivity contribution in [1.82, 2.24) is 20.0 Å². The van der Waals surface area contributed by atoms with Gasteiger partial charge in [-0.25, -0.2) is 4.39 Å². The number of halogens is 4. The molecule has 2 fully saturated rings. The zero-order valence-corrected chi connectivity index (χ0v) is 18.9. The van der Waals surface area contributed by atoms with Crippen LogP contribution in [0.2, 0.25) is 10.0 Å². The van der Waals surface area contributed by atoms with Gasteiger partial charge in [0, 0.05) is 37.9 Å². The number of rotatable bonds is 3. The van der Waals surface area contributed by atoms with Crippen LogP contribution in [-0.2, 0) is 4.74 Å². The third-order valence-corrected chi connectivity index (χ3v) is 6.91. The zero-order chi connectivity index (χ0) is 23.1. The molecule has 2 aromatic carbocycles. The number of piperazine rings is 1. The number of fused-ring (bicyclic) bond motifs is 1. The van der Waals surface area contributed by atoms with Gasteiger partial charge in [-0.05, 0) is 23.8 Å². The minimum atomic E-state index is -0.675. The molecule has 0 aliphatic carbocycles. The lowest BCUT2D eigenvalue weighted by molar-refractivity contribution is -0.0858. The molecular formula is C23H20Cl2F2N4O2. The summed E-state index contributed by atoms with van der Waals surface area (Å²) < 4.78 is 33.5. The lowest BCUT2D eigenvalue weighted by atomic mass is 10.0. The lowest BCUT2D eigenvalue weighted by Gasteiger charge is -2.46. The third kappa shape index (κ3) is 4.24. The van der Waals surface area contributed by atoms with Crippen molar-refractivity contribution in [3.8, 4) is 11.1 Å². The number of H-pyrrole nitrogens is 1. The minimum absolute atomic E-state index is 0.0307. The van der Waals surface area contributed by atoms with Gasteiger partial charge in [0.15, 0.2) is 0 Å². The van der Waals surface area contributed by atoms with Gasteiger partial charge in [-0.2, -0.15) is 4.39 Å². The highest BCUT2D eigenvalue weighted by Crippen LogP contribution is 2.33. The molecule has 0 saturated carbocycles. The Kier molecular flexibility index (Phi) is 6.09. The molecule has 172 valence electrons. The fourth-order valence-electron chi connectivity index (χ4n) is 4.42. The molecule has 3 heterocycles. The second kappa shape index (κ2) is 9.02. The van der Waals surface area contributed by atoms with Crippen LogP contribution in [0.3, 0.4) is 0 Å². The Morgan fingerprint density at radius 2 is 1.97 bits per heavy atom. The number of aromatic amines is 1. The molecule has 0 bridgehead atoms. The Morgan fingerprint density at radius 3 is 2.73 bits per heavy atom. The van der Waals surface area contributed by atoms with E-state index in [2.05, 4.69) is 15.1 Å². The van der Waals surface area contributed by atoms with E-state index in [1.165, 1.54) is 12.3 Å². The monoisotopic (exact) mass is 492 g/mol. The fourth-order valence-corrected chi connectivity index (χ4v) is 4.92. The molecule has 2 atom stereocenters. The number of hydrogen-bond donors (Lipinski definition) is 1. The number of carbonyl (C=O) groups is 1. The molecule has 5 rings (SSSR count). The van der Waals surface area contributed by atoms with Gasteiger partial charge in [-0.1, -0.05) is 41.4 Å². The van der Waals surface area contributed by atoms with E-state index in [1.807, 2.05) is 0 Å². The van der Waals surface area contributed by atoms with E-state index >= 15 is 0 Å². The largest absolute Gasteiger partial charge is 0.370 e. The number of hydrogen-bond acceptors (Lipinski definition) is 4. The number of aromatic nitrogens is 2. The number of amides is 1. The predicted molar refractivity (Wildman–Crippen MR) is 120 cm³/mol. The summed E-state index contributed by atoms with van der Waals surface area (Å²) in [6, 6.07) is 9.63. The maximum Gasteiger partial charge on any atom is 0.255 e. The average Bonchev–Trinajstić information content (AvgIpc) is 3.25. The average molecular weight is 493 g/mol. The summed E-state index contributed by atoms with van der Waals surface area (Å²) in [5, 5.41) is 6.22. The number of ether oxygens (including phenoxy) is 1. The number of morpholine rings is 1. The van der Waals surface area contributed by atoms with E-state index < -0.39 is 11.8 Å². The second-order valence-corrected chi connectivity index (χ2v) is 8.94. The summed E-state index contributed by atoms with van der Waals surface area (Å²) >= 11 is 12.4. The smallest absolute Gasteiger partial charge is 0.255 e. The van der Waals surface area contributed by atoms with Gasteiger partial charge in [-0.3, -0.25) is 14.8 Å². The molecular weight excluding hydrogens is 473 g/mol. The van der Waals surface area contributed by atoms with Crippen LogP contribution in [0.4, 0.5) is 8.78 Å². The van der Waals surface area contributed by atoms with Gasteiger partial charge >= 0.3 is 0 Å². The first kappa shape index (κ1) is 22.3. The maximum atomic E-state index is 13.9. The Hall–Kier alpha value is -2.52. The van der Waals surface area contributed by atoms with Crippen LogP contribution in [0.5, 0.6) is 0 Å². The highest BCUT2D eigenvalue weighted by Gasteiger charge is 2.36. The number of benzene rings is 2. The number of nitrogens with one attached hydrogen (secondary N) is 1. The van der Waals surface area contributed by atoms with Gasteiger partial charge in [-0.15, -0.1) is 5.10 Å². The Morgan fingerprint density at radius 1 is 1.12 bits per heavy atom. The summed E-state index contributed by atoms with van der Waals surface area (Å²) in [7, 11) is 0. The van der Waals surface area contributed by atoms with Crippen molar-refractivity contribution in [1.29, 1.82) is 0 Å². The van der Waals surface area contributed by atoms with Gasteiger partial charge in [0.05, 0.1) is 39.9 Å². The first-order valence-electron chi connectivity index (χ1n) is 10.5. The lowest BCUT2D eigenvalue weighted by Crippen LogP contribution is -2.59. The van der Waals surface area contributed by atoms with Crippen LogP contribution in [0.15, 0.2) is 42.6 Å².